The van der Waals surface area contributed by atoms with E-state index in [-0.39, 0.29) is 5.82 Å². The molecule has 1 aliphatic heterocycles. The number of hydrogen-bond donors (Lipinski definition) is 4. The van der Waals surface area contributed by atoms with E-state index < -0.39 is 35.1 Å². The first-order valence-corrected chi connectivity index (χ1v) is 5.50. The quantitative estimate of drug-likeness (QED) is 0.460. The third-order valence-corrected chi connectivity index (χ3v) is 3.82. The van der Waals surface area contributed by atoms with Crippen molar-refractivity contribution in [3.8, 4) is 0 Å². The van der Waals surface area contributed by atoms with E-state index in [0.717, 1.165) is 17.7 Å². The smallest absolute Gasteiger partial charge is 0.351 e. The lowest BCUT2D eigenvalue weighted by Crippen LogP contribution is -2.50. The van der Waals surface area contributed by atoms with Crippen molar-refractivity contribution in [2.45, 2.75) is 36.3 Å². The highest BCUT2D eigenvalue weighted by molar-refractivity contribution is 5.35. The number of fused-ring (bicyclic) bond motifs is 1. The van der Waals surface area contributed by atoms with Crippen LogP contribution in [-0.4, -0.2) is 48.0 Å². The maximum absolute atomic E-state index is 14.1. The third kappa shape index (κ3) is 1.16. The Hall–Kier alpha value is -1.55. The highest BCUT2D eigenvalue weighted by Crippen LogP contribution is 2.67. The second-order valence-electron chi connectivity index (χ2n) is 4.97. The number of aliphatic hydroxyl groups excluding tert-OH is 1. The van der Waals surface area contributed by atoms with Crippen LogP contribution >= 0.6 is 0 Å². The topological polar surface area (TPSA) is 131 Å². The van der Waals surface area contributed by atoms with Gasteiger partial charge >= 0.3 is 5.69 Å². The van der Waals surface area contributed by atoms with Gasteiger partial charge in [-0.3, -0.25) is 4.57 Å². The minimum Gasteiger partial charge on any atom is -0.384 e. The number of ether oxygens (including phenoxy) is 1. The van der Waals surface area contributed by atoms with Crippen LogP contribution in [0.2, 0.25) is 0 Å². The summed E-state index contributed by atoms with van der Waals surface area (Å²) in [5, 5.41) is 29.5. The van der Waals surface area contributed by atoms with Crippen LogP contribution in [0.4, 0.5) is 10.2 Å². The average molecular weight is 273 g/mol. The SMILES string of the molecule is C[C@]1(O)[C@H](n2ccc(N)nc2=O)O[C@]2(F)C(O)[C@]12O. The van der Waals surface area contributed by atoms with E-state index in [4.69, 9.17) is 10.5 Å². The Balaban J connectivity index is 2.08. The van der Waals surface area contributed by atoms with E-state index >= 15 is 0 Å². The van der Waals surface area contributed by atoms with E-state index in [9.17, 15) is 24.5 Å². The highest BCUT2D eigenvalue weighted by Gasteiger charge is 2.93. The molecule has 1 unspecified atom stereocenters. The Kier molecular flexibility index (Phi) is 2.05. The van der Waals surface area contributed by atoms with Crippen LogP contribution < -0.4 is 11.4 Å². The zero-order valence-electron chi connectivity index (χ0n) is 9.82. The molecular weight excluding hydrogens is 261 g/mol. The van der Waals surface area contributed by atoms with Gasteiger partial charge in [0.2, 0.25) is 0 Å². The second-order valence-corrected chi connectivity index (χ2v) is 4.97. The lowest BCUT2D eigenvalue weighted by molar-refractivity contribution is -0.183. The monoisotopic (exact) mass is 273 g/mol. The van der Waals surface area contributed by atoms with Gasteiger partial charge in [0.05, 0.1) is 0 Å². The highest BCUT2D eigenvalue weighted by atomic mass is 19.2. The molecule has 2 fully saturated rings. The third-order valence-electron chi connectivity index (χ3n) is 3.82. The molecule has 5 N–H and O–H groups in total. The largest absolute Gasteiger partial charge is 0.384 e. The zero-order chi connectivity index (χ0) is 14.2. The number of nitrogen functional groups attached to an aromatic ring is 1. The van der Waals surface area contributed by atoms with E-state index in [0.29, 0.717) is 0 Å². The van der Waals surface area contributed by atoms with Crippen molar-refractivity contribution >= 4 is 5.82 Å². The summed E-state index contributed by atoms with van der Waals surface area (Å²) in [6, 6.07) is 1.26. The molecule has 0 amide bonds. The van der Waals surface area contributed by atoms with Gasteiger partial charge in [-0.25, -0.2) is 9.18 Å². The average Bonchev–Trinajstić information content (AvgIpc) is 2.67. The number of halogens is 1. The van der Waals surface area contributed by atoms with Gasteiger partial charge in [-0.2, -0.15) is 4.98 Å². The molecule has 19 heavy (non-hydrogen) atoms. The molecule has 8 nitrogen and oxygen atoms in total. The van der Waals surface area contributed by atoms with Gasteiger partial charge in [-0.05, 0) is 13.0 Å². The number of anilines is 1. The van der Waals surface area contributed by atoms with E-state index in [1.165, 1.54) is 6.07 Å². The van der Waals surface area contributed by atoms with E-state index in [2.05, 4.69) is 4.98 Å². The molecule has 3 rings (SSSR count). The summed E-state index contributed by atoms with van der Waals surface area (Å²) >= 11 is 0. The molecule has 1 saturated carbocycles. The molecule has 0 aromatic carbocycles. The molecular formula is C10H12FN3O5. The van der Waals surface area contributed by atoms with Crippen LogP contribution in [0, 0.1) is 0 Å². The minimum atomic E-state index is -2.80. The first-order valence-electron chi connectivity index (χ1n) is 5.50. The van der Waals surface area contributed by atoms with E-state index in [1.54, 1.807) is 0 Å². The molecule has 1 aliphatic carbocycles. The fourth-order valence-corrected chi connectivity index (χ4v) is 2.56. The summed E-state index contributed by atoms with van der Waals surface area (Å²) in [6.07, 6.45) is -2.23. The Morgan fingerprint density at radius 2 is 2.21 bits per heavy atom. The van der Waals surface area contributed by atoms with Gasteiger partial charge < -0.3 is 25.8 Å². The molecule has 104 valence electrons. The first-order chi connectivity index (χ1) is 8.66. The zero-order valence-corrected chi connectivity index (χ0v) is 9.82. The number of nitrogens with zero attached hydrogens (tertiary/aromatic N) is 2. The number of aromatic nitrogens is 2. The number of alkyl halides is 1. The first kappa shape index (κ1) is 12.5. The summed E-state index contributed by atoms with van der Waals surface area (Å²) in [7, 11) is 0. The number of rotatable bonds is 1. The summed E-state index contributed by atoms with van der Waals surface area (Å²) in [6.45, 7) is 1.07. The Morgan fingerprint density at radius 1 is 1.58 bits per heavy atom. The van der Waals surface area contributed by atoms with Crippen LogP contribution in [-0.2, 0) is 4.74 Å². The van der Waals surface area contributed by atoms with Crippen molar-refractivity contribution in [1.82, 2.24) is 9.55 Å². The van der Waals surface area contributed by atoms with Crippen molar-refractivity contribution in [2.75, 3.05) is 5.73 Å². The molecule has 1 saturated heterocycles. The normalized spacial score (nSPS) is 48.1. The van der Waals surface area contributed by atoms with Crippen molar-refractivity contribution in [3.63, 3.8) is 0 Å². The van der Waals surface area contributed by atoms with Crippen LogP contribution in [0.1, 0.15) is 13.2 Å². The van der Waals surface area contributed by atoms with Crippen LogP contribution in [0.5, 0.6) is 0 Å². The van der Waals surface area contributed by atoms with Crippen molar-refractivity contribution < 1.29 is 24.4 Å². The van der Waals surface area contributed by atoms with Crippen LogP contribution in [0.15, 0.2) is 17.1 Å². The maximum Gasteiger partial charge on any atom is 0.351 e. The van der Waals surface area contributed by atoms with Crippen LogP contribution in [0.25, 0.3) is 0 Å². The Morgan fingerprint density at radius 3 is 2.68 bits per heavy atom. The predicted octanol–water partition coefficient (Wildman–Crippen LogP) is -2.12. The molecule has 1 aromatic rings. The molecule has 2 heterocycles. The van der Waals surface area contributed by atoms with Gasteiger partial charge in [0, 0.05) is 6.20 Å². The van der Waals surface area contributed by atoms with Gasteiger partial charge in [-0.1, -0.05) is 0 Å². The number of hydrogen-bond acceptors (Lipinski definition) is 7. The molecule has 9 heteroatoms. The summed E-state index contributed by atoms with van der Waals surface area (Å²) in [5.41, 5.74) is -0.241. The molecule has 0 spiro atoms. The summed E-state index contributed by atoms with van der Waals surface area (Å²) in [4.78, 5) is 15.1. The Bertz CT molecular complexity index is 619. The lowest BCUT2D eigenvalue weighted by atomic mass is 9.95. The summed E-state index contributed by atoms with van der Waals surface area (Å²) in [5.74, 6) is -2.85. The summed E-state index contributed by atoms with van der Waals surface area (Å²) < 4.78 is 19.7. The van der Waals surface area contributed by atoms with Crippen molar-refractivity contribution in [3.05, 3.63) is 22.7 Å². The lowest BCUT2D eigenvalue weighted by Gasteiger charge is -2.31. The molecule has 2 aliphatic rings. The number of nitrogens with two attached hydrogens (primary N) is 1. The van der Waals surface area contributed by atoms with Gasteiger partial charge in [-0.15, -0.1) is 0 Å². The molecule has 0 bridgehead atoms. The van der Waals surface area contributed by atoms with Crippen molar-refractivity contribution in [2.24, 2.45) is 0 Å². The van der Waals surface area contributed by atoms with Crippen molar-refractivity contribution in [1.29, 1.82) is 0 Å². The standard InChI is InChI=1S/C10H12FN3O5/c1-8(17)6(14-3-2-4(12)13-7(14)16)19-10(11)5(15)9(8,10)18/h2-3,5-6,15,17-18H,1H3,(H2,12,13,16)/t5?,6-,8+,9+,10-/m1/s1. The minimum absolute atomic E-state index is 0.0437. The van der Waals surface area contributed by atoms with Crippen LogP contribution in [0.3, 0.4) is 0 Å². The maximum atomic E-state index is 14.1. The molecule has 0 radical (unpaired) electrons. The predicted molar refractivity (Wildman–Crippen MR) is 58.5 cm³/mol. The van der Waals surface area contributed by atoms with Gasteiger partial charge in [0.1, 0.15) is 11.4 Å². The number of aliphatic hydroxyl groups is 3. The molecule has 5 atom stereocenters. The second kappa shape index (κ2) is 3.12. The van der Waals surface area contributed by atoms with E-state index in [1.807, 2.05) is 0 Å². The van der Waals surface area contributed by atoms with Gasteiger partial charge in [0.25, 0.3) is 5.85 Å². The Labute approximate surface area is 105 Å². The molecule has 1 aromatic heterocycles. The fraction of sp³-hybridized carbons (Fsp3) is 0.600. The van der Waals surface area contributed by atoms with Gasteiger partial charge in [0.15, 0.2) is 17.9 Å². The fourth-order valence-electron chi connectivity index (χ4n) is 2.56.